The van der Waals surface area contributed by atoms with Crippen molar-refractivity contribution in [2.45, 2.75) is 19.3 Å². The zero-order valence-corrected chi connectivity index (χ0v) is 14.6. The second-order valence-electron chi connectivity index (χ2n) is 6.69. The topological polar surface area (TPSA) is 68.4 Å². The molecule has 0 spiro atoms. The number of benzene rings is 2. The Labute approximate surface area is 154 Å². The molecule has 4 rings (SSSR count). The fourth-order valence-electron chi connectivity index (χ4n) is 3.64. The van der Waals surface area contributed by atoms with Gasteiger partial charge >= 0.3 is 0 Å². The van der Waals surface area contributed by atoms with Crippen LogP contribution in [0.15, 0.2) is 53.5 Å². The van der Waals surface area contributed by atoms with Crippen LogP contribution in [0.1, 0.15) is 19.3 Å². The summed E-state index contributed by atoms with van der Waals surface area (Å²) in [6, 6.07) is 10.4. The second kappa shape index (κ2) is 6.83. The van der Waals surface area contributed by atoms with E-state index in [9.17, 15) is 19.3 Å². The highest BCUT2D eigenvalue weighted by Gasteiger charge is 2.23. The summed E-state index contributed by atoms with van der Waals surface area (Å²) in [5.41, 5.74) is 1.43. The lowest BCUT2D eigenvalue weighted by molar-refractivity contribution is -0.384. The smallest absolute Gasteiger partial charge is 0.293 e. The number of hydrogen-bond acceptors (Lipinski definition) is 4. The van der Waals surface area contributed by atoms with Gasteiger partial charge in [0.1, 0.15) is 11.5 Å². The number of aromatic nitrogens is 1. The molecule has 7 heteroatoms. The Kier molecular flexibility index (Phi) is 4.35. The molecule has 2 heterocycles. The average Bonchev–Trinajstić information content (AvgIpc) is 2.69. The van der Waals surface area contributed by atoms with Crippen molar-refractivity contribution in [1.82, 2.24) is 4.57 Å². The Morgan fingerprint density at radius 2 is 1.70 bits per heavy atom. The number of pyridine rings is 1. The van der Waals surface area contributed by atoms with E-state index < -0.39 is 4.92 Å². The molecular formula is C20H18FN3O3. The summed E-state index contributed by atoms with van der Waals surface area (Å²) in [6.07, 6.45) is 4.69. The highest BCUT2D eigenvalue weighted by molar-refractivity contribution is 5.89. The molecule has 0 radical (unpaired) electrons. The van der Waals surface area contributed by atoms with Crippen LogP contribution in [0, 0.1) is 15.9 Å². The number of rotatable bonds is 3. The van der Waals surface area contributed by atoms with Crippen molar-refractivity contribution in [3.63, 3.8) is 0 Å². The van der Waals surface area contributed by atoms with Crippen molar-refractivity contribution in [3.8, 4) is 5.69 Å². The van der Waals surface area contributed by atoms with Gasteiger partial charge in [-0.2, -0.15) is 0 Å². The predicted octanol–water partition coefficient (Wildman–Crippen LogP) is 4.03. The Balaban J connectivity index is 1.98. The van der Waals surface area contributed by atoms with Crippen LogP contribution >= 0.6 is 0 Å². The molecule has 1 aromatic heterocycles. The largest absolute Gasteiger partial charge is 0.366 e. The molecule has 0 unspecified atom stereocenters. The Bertz CT molecular complexity index is 1070. The van der Waals surface area contributed by atoms with Gasteiger partial charge in [-0.05, 0) is 49.6 Å². The van der Waals surface area contributed by atoms with Crippen LogP contribution in [0.5, 0.6) is 0 Å². The SMILES string of the molecule is O=c1ccn(-c2ccc(F)cc2)c2cc(N3CCCCC3)c([N+](=O)[O-])cc12. The van der Waals surface area contributed by atoms with Gasteiger partial charge in [-0.3, -0.25) is 14.9 Å². The van der Waals surface area contributed by atoms with Gasteiger partial charge < -0.3 is 9.47 Å². The third kappa shape index (κ3) is 3.16. The molecule has 1 aliphatic rings. The van der Waals surface area contributed by atoms with Crippen LogP contribution in [0.4, 0.5) is 15.8 Å². The maximum absolute atomic E-state index is 13.3. The lowest BCUT2D eigenvalue weighted by Crippen LogP contribution is -2.30. The summed E-state index contributed by atoms with van der Waals surface area (Å²) in [6.45, 7) is 1.50. The summed E-state index contributed by atoms with van der Waals surface area (Å²) < 4.78 is 15.0. The molecule has 0 atom stereocenters. The van der Waals surface area contributed by atoms with E-state index in [0.717, 1.165) is 32.4 Å². The summed E-state index contributed by atoms with van der Waals surface area (Å²) in [5, 5.41) is 11.9. The number of nitrogens with zero attached hydrogens (tertiary/aromatic N) is 3. The molecule has 0 saturated carbocycles. The Morgan fingerprint density at radius 3 is 2.37 bits per heavy atom. The van der Waals surface area contributed by atoms with Gasteiger partial charge in [-0.1, -0.05) is 0 Å². The normalized spacial score (nSPS) is 14.5. The van der Waals surface area contributed by atoms with Gasteiger partial charge in [0.15, 0.2) is 5.43 Å². The first-order chi connectivity index (χ1) is 13.0. The molecule has 1 aliphatic heterocycles. The van der Waals surface area contributed by atoms with E-state index in [0.29, 0.717) is 16.9 Å². The average molecular weight is 367 g/mol. The molecule has 0 aliphatic carbocycles. The lowest BCUT2D eigenvalue weighted by Gasteiger charge is -2.28. The van der Waals surface area contributed by atoms with Crippen molar-refractivity contribution in [3.05, 3.63) is 74.8 Å². The summed E-state index contributed by atoms with van der Waals surface area (Å²) in [4.78, 5) is 25.6. The Hall–Kier alpha value is -3.22. The first kappa shape index (κ1) is 17.2. The summed E-state index contributed by atoms with van der Waals surface area (Å²) >= 11 is 0. The molecule has 27 heavy (non-hydrogen) atoms. The van der Waals surface area contributed by atoms with E-state index >= 15 is 0 Å². The maximum Gasteiger partial charge on any atom is 0.293 e. The minimum absolute atomic E-state index is 0.0571. The fraction of sp³-hybridized carbons (Fsp3) is 0.250. The molecule has 1 fully saturated rings. The zero-order valence-electron chi connectivity index (χ0n) is 14.6. The number of piperidine rings is 1. The van der Waals surface area contributed by atoms with Crippen LogP contribution in [0.3, 0.4) is 0 Å². The second-order valence-corrected chi connectivity index (χ2v) is 6.69. The van der Waals surface area contributed by atoms with Gasteiger partial charge in [0, 0.05) is 37.1 Å². The van der Waals surface area contributed by atoms with Crippen molar-refractivity contribution in [1.29, 1.82) is 0 Å². The zero-order chi connectivity index (χ0) is 19.0. The molecule has 1 saturated heterocycles. The first-order valence-corrected chi connectivity index (χ1v) is 8.89. The highest BCUT2D eigenvalue weighted by Crippen LogP contribution is 2.34. The van der Waals surface area contributed by atoms with E-state index in [1.807, 2.05) is 4.90 Å². The highest BCUT2D eigenvalue weighted by atomic mass is 19.1. The number of hydrogen-bond donors (Lipinski definition) is 0. The standard InChI is InChI=1S/C20H18FN3O3/c21-14-4-6-15(7-5-14)23-11-8-20(25)16-12-19(24(26)27)18(13-17(16)23)22-9-2-1-3-10-22/h4-8,11-13H,1-3,9-10H2. The van der Waals surface area contributed by atoms with Crippen LogP contribution < -0.4 is 10.3 Å². The minimum atomic E-state index is -0.432. The third-order valence-corrected chi connectivity index (χ3v) is 4.99. The maximum atomic E-state index is 13.3. The number of nitro groups is 1. The molecule has 0 N–H and O–H groups in total. The van der Waals surface area contributed by atoms with Gasteiger partial charge in [-0.15, -0.1) is 0 Å². The van der Waals surface area contributed by atoms with Crippen molar-refractivity contribution in [2.24, 2.45) is 0 Å². The fourth-order valence-corrected chi connectivity index (χ4v) is 3.64. The first-order valence-electron chi connectivity index (χ1n) is 8.89. The van der Waals surface area contributed by atoms with E-state index in [1.165, 1.54) is 24.3 Å². The molecule has 0 bridgehead atoms. The lowest BCUT2D eigenvalue weighted by atomic mass is 10.1. The van der Waals surface area contributed by atoms with Crippen molar-refractivity contribution in [2.75, 3.05) is 18.0 Å². The van der Waals surface area contributed by atoms with E-state index in [4.69, 9.17) is 0 Å². The van der Waals surface area contributed by atoms with E-state index in [1.54, 1.807) is 29.0 Å². The van der Waals surface area contributed by atoms with Crippen LogP contribution in [0.25, 0.3) is 16.6 Å². The number of anilines is 1. The Morgan fingerprint density at radius 1 is 1.00 bits per heavy atom. The summed E-state index contributed by atoms with van der Waals surface area (Å²) in [5.74, 6) is -0.353. The summed E-state index contributed by atoms with van der Waals surface area (Å²) in [7, 11) is 0. The quantitative estimate of drug-likeness (QED) is 0.518. The molecule has 6 nitrogen and oxygen atoms in total. The molecule has 3 aromatic rings. The van der Waals surface area contributed by atoms with E-state index in [2.05, 4.69) is 0 Å². The number of nitro benzene ring substituents is 1. The van der Waals surface area contributed by atoms with E-state index in [-0.39, 0.29) is 22.3 Å². The molecular weight excluding hydrogens is 349 g/mol. The van der Waals surface area contributed by atoms with Crippen molar-refractivity contribution < 1.29 is 9.31 Å². The monoisotopic (exact) mass is 367 g/mol. The van der Waals surface area contributed by atoms with Gasteiger partial charge in [0.25, 0.3) is 5.69 Å². The van der Waals surface area contributed by atoms with Gasteiger partial charge in [-0.25, -0.2) is 4.39 Å². The van der Waals surface area contributed by atoms with Crippen LogP contribution in [-0.4, -0.2) is 22.6 Å². The van der Waals surface area contributed by atoms with Crippen LogP contribution in [-0.2, 0) is 0 Å². The van der Waals surface area contributed by atoms with Gasteiger partial charge in [0.2, 0.25) is 0 Å². The molecule has 2 aromatic carbocycles. The minimum Gasteiger partial charge on any atom is -0.366 e. The predicted molar refractivity (Wildman–Crippen MR) is 102 cm³/mol. The molecule has 0 amide bonds. The van der Waals surface area contributed by atoms with Crippen LogP contribution in [0.2, 0.25) is 0 Å². The number of fused-ring (bicyclic) bond motifs is 1. The molecule has 138 valence electrons. The van der Waals surface area contributed by atoms with Crippen molar-refractivity contribution >= 4 is 22.3 Å². The number of halogens is 1. The third-order valence-electron chi connectivity index (χ3n) is 4.99. The van der Waals surface area contributed by atoms with Gasteiger partial charge in [0.05, 0.1) is 15.8 Å².